The van der Waals surface area contributed by atoms with E-state index >= 15 is 0 Å². The molecule has 0 spiro atoms. The van der Waals surface area contributed by atoms with Gasteiger partial charge in [-0.2, -0.15) is 0 Å². The van der Waals surface area contributed by atoms with E-state index in [-0.39, 0.29) is 12.3 Å². The fourth-order valence-corrected chi connectivity index (χ4v) is 3.16. The van der Waals surface area contributed by atoms with Gasteiger partial charge in [0.2, 0.25) is 0 Å². The predicted octanol–water partition coefficient (Wildman–Crippen LogP) is 6.14. The van der Waals surface area contributed by atoms with Crippen LogP contribution >= 0.6 is 27.5 Å². The number of benzene rings is 3. The summed E-state index contributed by atoms with van der Waals surface area (Å²) in [5.74, 6) is 0.680. The van der Waals surface area contributed by atoms with E-state index in [9.17, 15) is 10.1 Å². The van der Waals surface area contributed by atoms with Crippen LogP contribution in [0.1, 0.15) is 16.7 Å². The molecule has 0 fully saturated rings. The molecule has 3 rings (SSSR count). The van der Waals surface area contributed by atoms with Crippen LogP contribution in [-0.2, 0) is 18.1 Å². The Morgan fingerprint density at radius 3 is 2.66 bits per heavy atom. The van der Waals surface area contributed by atoms with Crippen LogP contribution in [0.15, 0.2) is 76.4 Å². The molecule has 0 atom stereocenters. The average molecular weight is 476 g/mol. The molecule has 0 aliphatic carbocycles. The summed E-state index contributed by atoms with van der Waals surface area (Å²) in [6, 6.07) is 19.3. The van der Waals surface area contributed by atoms with Crippen molar-refractivity contribution in [3.8, 4) is 5.75 Å². The highest BCUT2D eigenvalue weighted by Gasteiger charge is 2.06. The maximum Gasteiger partial charge on any atom is 0.269 e. The Hall–Kier alpha value is -2.90. The Labute approximate surface area is 181 Å². The normalized spacial score (nSPS) is 10.8. The minimum Gasteiger partial charge on any atom is -0.488 e. The van der Waals surface area contributed by atoms with Crippen molar-refractivity contribution in [2.24, 2.45) is 5.16 Å². The van der Waals surface area contributed by atoms with Crippen LogP contribution < -0.4 is 4.74 Å². The van der Waals surface area contributed by atoms with E-state index in [1.54, 1.807) is 18.3 Å². The maximum absolute atomic E-state index is 10.8. The largest absolute Gasteiger partial charge is 0.488 e. The lowest BCUT2D eigenvalue weighted by Crippen LogP contribution is -1.97. The number of nitro benzene ring substituents is 1. The summed E-state index contributed by atoms with van der Waals surface area (Å²) < 4.78 is 6.58. The summed E-state index contributed by atoms with van der Waals surface area (Å²) in [6.45, 7) is 0.496. The van der Waals surface area contributed by atoms with Gasteiger partial charge in [-0.15, -0.1) is 0 Å². The highest BCUT2D eigenvalue weighted by molar-refractivity contribution is 9.10. The molecule has 0 N–H and O–H groups in total. The van der Waals surface area contributed by atoms with Crippen molar-refractivity contribution in [1.29, 1.82) is 0 Å². The SMILES string of the molecule is O=[N+]([O-])c1cccc(CO/N=C\c2ccc(OCc3ccccc3Cl)c(Br)c2)c1. The van der Waals surface area contributed by atoms with Gasteiger partial charge < -0.3 is 9.57 Å². The van der Waals surface area contributed by atoms with E-state index in [0.29, 0.717) is 22.9 Å². The van der Waals surface area contributed by atoms with Crippen LogP contribution in [0.2, 0.25) is 5.02 Å². The first kappa shape index (κ1) is 20.8. The number of ether oxygens (including phenoxy) is 1. The summed E-state index contributed by atoms with van der Waals surface area (Å²) in [6.07, 6.45) is 1.56. The second-order valence-electron chi connectivity index (χ2n) is 6.00. The number of hydrogen-bond donors (Lipinski definition) is 0. The van der Waals surface area contributed by atoms with Crippen molar-refractivity contribution in [3.63, 3.8) is 0 Å². The number of nitro groups is 1. The van der Waals surface area contributed by atoms with Gasteiger partial charge in [0.05, 0.1) is 15.6 Å². The first-order valence-corrected chi connectivity index (χ1v) is 9.74. The van der Waals surface area contributed by atoms with Crippen molar-refractivity contribution in [3.05, 3.63) is 103 Å². The summed E-state index contributed by atoms with van der Waals surface area (Å²) in [4.78, 5) is 15.6. The van der Waals surface area contributed by atoms with Crippen molar-refractivity contribution in [1.82, 2.24) is 0 Å². The second kappa shape index (κ2) is 10.0. The summed E-state index contributed by atoms with van der Waals surface area (Å²) in [7, 11) is 0. The van der Waals surface area contributed by atoms with Gasteiger partial charge in [0.15, 0.2) is 0 Å². The number of rotatable bonds is 8. The van der Waals surface area contributed by atoms with Crippen LogP contribution in [0.25, 0.3) is 0 Å². The quantitative estimate of drug-likeness (QED) is 0.223. The molecule has 3 aromatic rings. The first-order chi connectivity index (χ1) is 14.0. The van der Waals surface area contributed by atoms with E-state index in [1.165, 1.54) is 12.1 Å². The Morgan fingerprint density at radius 2 is 1.90 bits per heavy atom. The molecule has 8 heteroatoms. The van der Waals surface area contributed by atoms with Crippen molar-refractivity contribution >= 4 is 39.4 Å². The van der Waals surface area contributed by atoms with Gasteiger partial charge >= 0.3 is 0 Å². The zero-order valence-electron chi connectivity index (χ0n) is 15.1. The number of nitrogens with zero attached hydrogens (tertiary/aromatic N) is 2. The molecule has 0 bridgehead atoms. The summed E-state index contributed by atoms with van der Waals surface area (Å²) >= 11 is 9.62. The lowest BCUT2D eigenvalue weighted by molar-refractivity contribution is -0.384. The predicted molar refractivity (Wildman–Crippen MR) is 115 cm³/mol. The third kappa shape index (κ3) is 6.04. The van der Waals surface area contributed by atoms with Gasteiger partial charge in [-0.05, 0) is 51.3 Å². The number of non-ortho nitro benzene ring substituents is 1. The molecule has 29 heavy (non-hydrogen) atoms. The van der Waals surface area contributed by atoms with E-state index in [0.717, 1.165) is 15.6 Å². The maximum atomic E-state index is 10.8. The van der Waals surface area contributed by atoms with E-state index in [2.05, 4.69) is 21.1 Å². The van der Waals surface area contributed by atoms with Crippen LogP contribution in [0.4, 0.5) is 5.69 Å². The number of oxime groups is 1. The van der Waals surface area contributed by atoms with Crippen molar-refractivity contribution < 1.29 is 14.5 Å². The third-order valence-electron chi connectivity index (χ3n) is 3.93. The van der Waals surface area contributed by atoms with Crippen LogP contribution in [0.5, 0.6) is 5.75 Å². The molecule has 3 aromatic carbocycles. The van der Waals surface area contributed by atoms with Crippen molar-refractivity contribution in [2.75, 3.05) is 0 Å². The fraction of sp³-hybridized carbons (Fsp3) is 0.0952. The second-order valence-corrected chi connectivity index (χ2v) is 7.27. The van der Waals surface area contributed by atoms with Gasteiger partial charge in [-0.1, -0.05) is 47.1 Å². The molecular weight excluding hydrogens is 460 g/mol. The fourth-order valence-electron chi connectivity index (χ4n) is 2.46. The average Bonchev–Trinajstić information content (AvgIpc) is 2.72. The summed E-state index contributed by atoms with van der Waals surface area (Å²) in [5, 5.41) is 15.4. The number of hydrogen-bond acceptors (Lipinski definition) is 5. The molecule has 0 saturated carbocycles. The van der Waals surface area contributed by atoms with Gasteiger partial charge in [0, 0.05) is 22.7 Å². The van der Waals surface area contributed by atoms with E-state index in [4.69, 9.17) is 21.2 Å². The molecule has 0 saturated heterocycles. The molecule has 0 amide bonds. The first-order valence-electron chi connectivity index (χ1n) is 8.57. The zero-order valence-corrected chi connectivity index (χ0v) is 17.5. The van der Waals surface area contributed by atoms with Gasteiger partial charge in [0.1, 0.15) is 19.0 Å². The Balaban J connectivity index is 1.55. The molecule has 0 aromatic heterocycles. The molecule has 0 unspecified atom stereocenters. The molecule has 148 valence electrons. The smallest absolute Gasteiger partial charge is 0.269 e. The Kier molecular flexibility index (Phi) is 7.21. The van der Waals surface area contributed by atoms with Crippen molar-refractivity contribution in [2.45, 2.75) is 13.2 Å². The zero-order chi connectivity index (χ0) is 20.6. The molecule has 0 aliphatic rings. The Bertz CT molecular complexity index is 1040. The third-order valence-corrected chi connectivity index (χ3v) is 4.91. The number of halogens is 2. The minimum atomic E-state index is -0.445. The van der Waals surface area contributed by atoms with Gasteiger partial charge in [0.25, 0.3) is 5.69 Å². The van der Waals surface area contributed by atoms with Gasteiger partial charge in [-0.3, -0.25) is 10.1 Å². The molecule has 0 aliphatic heterocycles. The molecular formula is C21H16BrClN2O4. The lowest BCUT2D eigenvalue weighted by atomic mass is 10.2. The minimum absolute atomic E-state index is 0.0198. The Morgan fingerprint density at radius 1 is 1.07 bits per heavy atom. The molecule has 0 heterocycles. The van der Waals surface area contributed by atoms with Crippen LogP contribution in [0.3, 0.4) is 0 Å². The standard InChI is InChI=1S/C21H16BrClN2O4/c22-19-11-15(8-9-21(19)28-14-17-5-1-2-7-20(17)23)12-24-29-13-16-4-3-6-18(10-16)25(26)27/h1-12H,13-14H2/b24-12-. The highest BCUT2D eigenvalue weighted by Crippen LogP contribution is 2.27. The van der Waals surface area contributed by atoms with Crippen LogP contribution in [-0.4, -0.2) is 11.1 Å². The summed E-state index contributed by atoms with van der Waals surface area (Å²) in [5.41, 5.74) is 2.40. The van der Waals surface area contributed by atoms with E-state index in [1.807, 2.05) is 42.5 Å². The molecule has 6 nitrogen and oxygen atoms in total. The van der Waals surface area contributed by atoms with Crippen LogP contribution in [0, 0.1) is 10.1 Å². The topological polar surface area (TPSA) is 74.0 Å². The monoisotopic (exact) mass is 474 g/mol. The molecule has 0 radical (unpaired) electrons. The lowest BCUT2D eigenvalue weighted by Gasteiger charge is -2.10. The highest BCUT2D eigenvalue weighted by atomic mass is 79.9. The van der Waals surface area contributed by atoms with Gasteiger partial charge in [-0.25, -0.2) is 0 Å². The van der Waals surface area contributed by atoms with E-state index < -0.39 is 4.92 Å².